The van der Waals surface area contributed by atoms with E-state index in [-0.39, 0.29) is 12.4 Å². The van der Waals surface area contributed by atoms with Crippen LogP contribution in [0.2, 0.25) is 0 Å². The van der Waals surface area contributed by atoms with Crippen LogP contribution < -0.4 is 14.2 Å². The fourth-order valence-corrected chi connectivity index (χ4v) is 1.74. The van der Waals surface area contributed by atoms with Crippen LogP contribution in [-0.4, -0.2) is 19.2 Å². The van der Waals surface area contributed by atoms with E-state index in [4.69, 9.17) is 19.5 Å². The molecule has 0 unspecified atom stereocenters. The van der Waals surface area contributed by atoms with Gasteiger partial charge in [-0.1, -0.05) is 18.2 Å². The Morgan fingerprint density at radius 3 is 2.55 bits per heavy atom. The zero-order valence-electron chi connectivity index (χ0n) is 12.1. The molecule has 0 aliphatic rings. The van der Waals surface area contributed by atoms with Crippen molar-refractivity contribution < 1.29 is 19.0 Å². The lowest BCUT2D eigenvalue weighted by Gasteiger charge is -2.11. The Hall–Kier alpha value is -3.00. The topological polar surface area (TPSA) is 68.5 Å². The standard InChI is InChI=1S/C17H15NO4/c1-2-20-16-10-13(11-18)8-9-15(16)22-17(19)12-21-14-6-4-3-5-7-14/h3-10H,2,12H2,1H3. The minimum absolute atomic E-state index is 0.213. The number of hydrogen-bond acceptors (Lipinski definition) is 5. The molecule has 0 amide bonds. The third-order valence-corrected chi connectivity index (χ3v) is 2.70. The maximum atomic E-state index is 11.8. The Labute approximate surface area is 128 Å². The zero-order chi connectivity index (χ0) is 15.8. The molecule has 0 heterocycles. The average molecular weight is 297 g/mol. The number of rotatable bonds is 6. The van der Waals surface area contributed by atoms with Gasteiger partial charge in [-0.3, -0.25) is 0 Å². The van der Waals surface area contributed by atoms with E-state index in [1.807, 2.05) is 31.2 Å². The van der Waals surface area contributed by atoms with Gasteiger partial charge in [0.05, 0.1) is 18.2 Å². The number of para-hydroxylation sites is 1. The number of esters is 1. The van der Waals surface area contributed by atoms with Gasteiger partial charge < -0.3 is 14.2 Å². The van der Waals surface area contributed by atoms with Gasteiger partial charge in [-0.2, -0.15) is 5.26 Å². The highest BCUT2D eigenvalue weighted by Crippen LogP contribution is 2.28. The van der Waals surface area contributed by atoms with Crippen LogP contribution in [0.4, 0.5) is 0 Å². The van der Waals surface area contributed by atoms with Crippen molar-refractivity contribution >= 4 is 5.97 Å². The molecular weight excluding hydrogens is 282 g/mol. The highest BCUT2D eigenvalue weighted by Gasteiger charge is 2.12. The maximum Gasteiger partial charge on any atom is 0.349 e. The number of nitriles is 1. The summed E-state index contributed by atoms with van der Waals surface area (Å²) in [5, 5.41) is 8.88. The summed E-state index contributed by atoms with van der Waals surface area (Å²) >= 11 is 0. The summed E-state index contributed by atoms with van der Waals surface area (Å²) in [4.78, 5) is 11.8. The molecule has 22 heavy (non-hydrogen) atoms. The van der Waals surface area contributed by atoms with E-state index in [0.29, 0.717) is 23.7 Å². The molecule has 5 nitrogen and oxygen atoms in total. The van der Waals surface area contributed by atoms with E-state index in [0.717, 1.165) is 0 Å². The minimum Gasteiger partial charge on any atom is -0.490 e. The van der Waals surface area contributed by atoms with Crippen LogP contribution in [0.15, 0.2) is 48.5 Å². The number of ether oxygens (including phenoxy) is 3. The van der Waals surface area contributed by atoms with Gasteiger partial charge in [-0.05, 0) is 31.2 Å². The van der Waals surface area contributed by atoms with Gasteiger partial charge in [0.2, 0.25) is 0 Å². The molecule has 0 radical (unpaired) electrons. The largest absolute Gasteiger partial charge is 0.490 e. The van der Waals surface area contributed by atoms with E-state index in [1.165, 1.54) is 12.1 Å². The van der Waals surface area contributed by atoms with E-state index in [2.05, 4.69) is 0 Å². The number of carbonyl (C=O) groups is 1. The van der Waals surface area contributed by atoms with Crippen LogP contribution >= 0.6 is 0 Å². The molecule has 0 spiro atoms. The highest BCUT2D eigenvalue weighted by molar-refractivity contribution is 5.75. The fraction of sp³-hybridized carbons (Fsp3) is 0.176. The Balaban J connectivity index is 2.00. The first-order valence-corrected chi connectivity index (χ1v) is 6.78. The van der Waals surface area contributed by atoms with E-state index >= 15 is 0 Å². The van der Waals surface area contributed by atoms with Crippen molar-refractivity contribution in [3.8, 4) is 23.3 Å². The lowest BCUT2D eigenvalue weighted by atomic mass is 10.2. The highest BCUT2D eigenvalue weighted by atomic mass is 16.6. The second kappa shape index (κ2) is 7.70. The maximum absolute atomic E-state index is 11.8. The Morgan fingerprint density at radius 2 is 1.86 bits per heavy atom. The average Bonchev–Trinajstić information content (AvgIpc) is 2.56. The molecular formula is C17H15NO4. The monoisotopic (exact) mass is 297 g/mol. The third-order valence-electron chi connectivity index (χ3n) is 2.70. The Morgan fingerprint density at radius 1 is 1.09 bits per heavy atom. The van der Waals surface area contributed by atoms with Crippen molar-refractivity contribution in [3.05, 3.63) is 54.1 Å². The van der Waals surface area contributed by atoms with Gasteiger partial charge in [0, 0.05) is 6.07 Å². The smallest absolute Gasteiger partial charge is 0.349 e. The summed E-state index contributed by atoms with van der Waals surface area (Å²) in [6, 6.07) is 15.6. The molecule has 0 fully saturated rings. The Kier molecular flexibility index (Phi) is 5.38. The summed E-state index contributed by atoms with van der Waals surface area (Å²) in [6.07, 6.45) is 0. The van der Waals surface area contributed by atoms with Gasteiger partial charge in [0.15, 0.2) is 18.1 Å². The minimum atomic E-state index is -0.547. The first-order valence-electron chi connectivity index (χ1n) is 6.78. The first kappa shape index (κ1) is 15.4. The van der Waals surface area contributed by atoms with Crippen LogP contribution in [0, 0.1) is 11.3 Å². The van der Waals surface area contributed by atoms with Crippen LogP contribution in [0.5, 0.6) is 17.2 Å². The lowest BCUT2D eigenvalue weighted by Crippen LogP contribution is -2.18. The zero-order valence-corrected chi connectivity index (χ0v) is 12.1. The molecule has 112 valence electrons. The second-order valence-electron chi connectivity index (χ2n) is 4.28. The molecule has 5 heteroatoms. The van der Waals surface area contributed by atoms with Crippen LogP contribution in [-0.2, 0) is 4.79 Å². The van der Waals surface area contributed by atoms with Crippen molar-refractivity contribution in [2.75, 3.05) is 13.2 Å². The number of nitrogens with zero attached hydrogens (tertiary/aromatic N) is 1. The molecule has 0 aromatic heterocycles. The van der Waals surface area contributed by atoms with E-state index in [9.17, 15) is 4.79 Å². The van der Waals surface area contributed by atoms with Crippen LogP contribution in [0.1, 0.15) is 12.5 Å². The van der Waals surface area contributed by atoms with Gasteiger partial charge >= 0.3 is 5.97 Å². The summed E-state index contributed by atoms with van der Waals surface area (Å²) < 4.78 is 15.9. The van der Waals surface area contributed by atoms with Crippen molar-refractivity contribution in [2.24, 2.45) is 0 Å². The summed E-state index contributed by atoms with van der Waals surface area (Å²) in [5.74, 6) is 0.663. The lowest BCUT2D eigenvalue weighted by molar-refractivity contribution is -0.136. The SMILES string of the molecule is CCOc1cc(C#N)ccc1OC(=O)COc1ccccc1. The van der Waals surface area contributed by atoms with Gasteiger partial charge in [0.25, 0.3) is 0 Å². The summed E-state index contributed by atoms with van der Waals surface area (Å²) in [5.41, 5.74) is 0.434. The van der Waals surface area contributed by atoms with Crippen molar-refractivity contribution in [1.29, 1.82) is 5.26 Å². The van der Waals surface area contributed by atoms with Crippen LogP contribution in [0.3, 0.4) is 0 Å². The van der Waals surface area contributed by atoms with Gasteiger partial charge in [-0.25, -0.2) is 4.79 Å². The molecule has 2 aromatic rings. The van der Waals surface area contributed by atoms with E-state index < -0.39 is 5.97 Å². The molecule has 0 bridgehead atoms. The molecule has 2 rings (SSSR count). The molecule has 0 aliphatic heterocycles. The first-order chi connectivity index (χ1) is 10.7. The molecule has 0 saturated heterocycles. The third kappa shape index (κ3) is 4.25. The fourth-order valence-electron chi connectivity index (χ4n) is 1.74. The number of hydrogen-bond donors (Lipinski definition) is 0. The molecule has 0 saturated carbocycles. The molecule has 0 aliphatic carbocycles. The normalized spacial score (nSPS) is 9.64. The van der Waals surface area contributed by atoms with Gasteiger partial charge in [0.1, 0.15) is 5.75 Å². The number of carbonyl (C=O) groups excluding carboxylic acids is 1. The van der Waals surface area contributed by atoms with Crippen molar-refractivity contribution in [2.45, 2.75) is 6.92 Å². The van der Waals surface area contributed by atoms with Crippen molar-refractivity contribution in [3.63, 3.8) is 0 Å². The summed E-state index contributed by atoms with van der Waals surface area (Å²) in [6.45, 7) is 2.00. The quantitative estimate of drug-likeness (QED) is 0.605. The summed E-state index contributed by atoms with van der Waals surface area (Å²) in [7, 11) is 0. The predicted molar refractivity (Wildman–Crippen MR) is 79.9 cm³/mol. The van der Waals surface area contributed by atoms with Gasteiger partial charge in [-0.15, -0.1) is 0 Å². The molecule has 0 N–H and O–H groups in total. The Bertz CT molecular complexity index is 677. The second-order valence-corrected chi connectivity index (χ2v) is 4.28. The van der Waals surface area contributed by atoms with Crippen LogP contribution in [0.25, 0.3) is 0 Å². The van der Waals surface area contributed by atoms with Crippen molar-refractivity contribution in [1.82, 2.24) is 0 Å². The number of benzene rings is 2. The molecule has 2 aromatic carbocycles. The molecule has 0 atom stereocenters. The van der Waals surface area contributed by atoms with E-state index in [1.54, 1.807) is 18.2 Å². The predicted octanol–water partition coefficient (Wildman–Crippen LogP) is 2.94.